The molecule has 0 spiro atoms. The highest BCUT2D eigenvalue weighted by molar-refractivity contribution is 6.35. The molecule has 1 aromatic heterocycles. The lowest BCUT2D eigenvalue weighted by molar-refractivity contribution is 0.255. The highest BCUT2D eigenvalue weighted by Gasteiger charge is 2.12. The third-order valence-corrected chi connectivity index (χ3v) is 3.69. The number of nitrogens with zero attached hydrogens (tertiary/aromatic N) is 2. The lowest BCUT2D eigenvalue weighted by Crippen LogP contribution is -2.07. The van der Waals surface area contributed by atoms with Crippen LogP contribution in [-0.4, -0.2) is 14.9 Å². The van der Waals surface area contributed by atoms with Crippen molar-refractivity contribution >= 4 is 23.2 Å². The third-order valence-electron chi connectivity index (χ3n) is 3.20. The van der Waals surface area contributed by atoms with Crippen LogP contribution in [0.2, 0.25) is 10.0 Å². The summed E-state index contributed by atoms with van der Waals surface area (Å²) in [5.74, 6) is 0.463. The van der Waals surface area contributed by atoms with E-state index in [1.54, 1.807) is 12.1 Å². The largest absolute Gasteiger partial charge is 0.485 e. The van der Waals surface area contributed by atoms with Gasteiger partial charge in [0.2, 0.25) is 0 Å². The quantitative estimate of drug-likeness (QED) is 0.876. The van der Waals surface area contributed by atoms with Gasteiger partial charge < -0.3 is 9.84 Å². The Morgan fingerprint density at radius 3 is 2.62 bits per heavy atom. The van der Waals surface area contributed by atoms with Crippen molar-refractivity contribution < 1.29 is 9.84 Å². The van der Waals surface area contributed by atoms with Gasteiger partial charge >= 0.3 is 0 Å². The molecule has 1 aromatic carbocycles. The zero-order chi connectivity index (χ0) is 15.4. The van der Waals surface area contributed by atoms with Crippen LogP contribution in [0.3, 0.4) is 0 Å². The van der Waals surface area contributed by atoms with Gasteiger partial charge in [0.15, 0.2) is 0 Å². The fraction of sp³-hybridized carbons (Fsp3) is 0.400. The van der Waals surface area contributed by atoms with E-state index < -0.39 is 0 Å². The van der Waals surface area contributed by atoms with Crippen LogP contribution in [0.5, 0.6) is 5.75 Å². The molecule has 1 heterocycles. The topological polar surface area (TPSA) is 47.3 Å². The molecule has 6 heteroatoms. The van der Waals surface area contributed by atoms with Crippen LogP contribution in [0.4, 0.5) is 0 Å². The van der Waals surface area contributed by atoms with Gasteiger partial charge in [-0.1, -0.05) is 30.1 Å². The molecular formula is C15H18Cl2N2O2. The number of benzene rings is 1. The predicted molar refractivity (Wildman–Crippen MR) is 84.0 cm³/mol. The Hall–Kier alpha value is -1.23. The highest BCUT2D eigenvalue weighted by Crippen LogP contribution is 2.33. The van der Waals surface area contributed by atoms with Gasteiger partial charge in [-0.05, 0) is 31.5 Å². The predicted octanol–water partition coefficient (Wildman–Crippen LogP) is 3.84. The van der Waals surface area contributed by atoms with Gasteiger partial charge in [0, 0.05) is 17.1 Å². The van der Waals surface area contributed by atoms with Gasteiger partial charge in [-0.25, -0.2) is 0 Å². The van der Waals surface area contributed by atoms with E-state index in [1.165, 1.54) is 0 Å². The number of hydrogen-bond donors (Lipinski definition) is 1. The molecule has 2 aromatic rings. The van der Waals surface area contributed by atoms with Crippen LogP contribution < -0.4 is 4.74 Å². The minimum Gasteiger partial charge on any atom is -0.485 e. The molecule has 0 bridgehead atoms. The Kier molecular flexibility index (Phi) is 5.51. The molecule has 0 atom stereocenters. The molecule has 0 saturated heterocycles. The fourth-order valence-corrected chi connectivity index (χ4v) is 2.71. The molecule has 0 unspecified atom stereocenters. The molecule has 0 saturated carbocycles. The van der Waals surface area contributed by atoms with Crippen LogP contribution in [0.25, 0.3) is 0 Å². The minimum atomic E-state index is -0.178. The van der Waals surface area contributed by atoms with Crippen molar-refractivity contribution in [3.8, 4) is 5.75 Å². The lowest BCUT2D eigenvalue weighted by Gasteiger charge is -2.13. The second-order valence-electron chi connectivity index (χ2n) is 4.62. The molecule has 0 radical (unpaired) electrons. The molecule has 0 fully saturated rings. The Balaban J connectivity index is 2.22. The number of hydrogen-bond acceptors (Lipinski definition) is 3. The van der Waals surface area contributed by atoms with Gasteiger partial charge in [0.05, 0.1) is 23.0 Å². The van der Waals surface area contributed by atoms with Crippen molar-refractivity contribution in [2.45, 2.75) is 40.0 Å². The van der Waals surface area contributed by atoms with Gasteiger partial charge in [0.1, 0.15) is 12.4 Å². The molecule has 1 N–H and O–H groups in total. The Morgan fingerprint density at radius 1 is 1.24 bits per heavy atom. The smallest absolute Gasteiger partial charge is 0.144 e. The van der Waals surface area contributed by atoms with Gasteiger partial charge in [-0.3, -0.25) is 4.68 Å². The van der Waals surface area contributed by atoms with Gasteiger partial charge in [-0.2, -0.15) is 5.10 Å². The standard InChI is InChI=1S/C15H18Cl2N2O2/c1-3-12-7-13(19(4-2)18-12)9-21-15-10(8-20)5-11(16)6-14(15)17/h5-7,20H,3-4,8-9H2,1-2H3. The zero-order valence-electron chi connectivity index (χ0n) is 12.1. The van der Waals surface area contributed by atoms with E-state index in [0.29, 0.717) is 28.0 Å². The SMILES string of the molecule is CCc1cc(COc2c(Cl)cc(Cl)cc2CO)n(CC)n1. The Morgan fingerprint density at radius 2 is 2.00 bits per heavy atom. The molecule has 0 amide bonds. The summed E-state index contributed by atoms with van der Waals surface area (Å²) in [6, 6.07) is 5.27. The summed E-state index contributed by atoms with van der Waals surface area (Å²) in [6.07, 6.45) is 0.879. The molecular weight excluding hydrogens is 311 g/mol. The summed E-state index contributed by atoms with van der Waals surface area (Å²) in [7, 11) is 0. The van der Waals surface area contributed by atoms with Crippen LogP contribution in [0.1, 0.15) is 30.8 Å². The Bertz CT molecular complexity index is 626. The maximum absolute atomic E-state index is 9.39. The maximum Gasteiger partial charge on any atom is 0.144 e. The molecule has 114 valence electrons. The summed E-state index contributed by atoms with van der Waals surface area (Å²) in [4.78, 5) is 0. The minimum absolute atomic E-state index is 0.178. The normalized spacial score (nSPS) is 10.9. The lowest BCUT2D eigenvalue weighted by atomic mass is 10.2. The number of ether oxygens (including phenoxy) is 1. The van der Waals surface area contributed by atoms with Crippen LogP contribution >= 0.6 is 23.2 Å². The third kappa shape index (κ3) is 3.70. The summed E-state index contributed by atoms with van der Waals surface area (Å²) < 4.78 is 7.69. The highest BCUT2D eigenvalue weighted by atomic mass is 35.5. The summed E-state index contributed by atoms with van der Waals surface area (Å²) >= 11 is 12.1. The summed E-state index contributed by atoms with van der Waals surface area (Å²) in [6.45, 7) is 5.04. The van der Waals surface area contributed by atoms with Crippen molar-refractivity contribution in [2.75, 3.05) is 0 Å². The Labute approximate surface area is 134 Å². The fourth-order valence-electron chi connectivity index (χ4n) is 2.12. The second kappa shape index (κ2) is 7.16. The average molecular weight is 329 g/mol. The molecule has 0 aliphatic heterocycles. The number of aliphatic hydroxyl groups excluding tert-OH is 1. The number of aromatic nitrogens is 2. The average Bonchev–Trinajstić information content (AvgIpc) is 2.88. The molecule has 0 aliphatic rings. The van der Waals surface area contributed by atoms with E-state index in [1.807, 2.05) is 17.7 Å². The number of halogens is 2. The first kappa shape index (κ1) is 16.1. The van der Waals surface area contributed by atoms with E-state index in [0.717, 1.165) is 24.4 Å². The second-order valence-corrected chi connectivity index (χ2v) is 5.46. The molecule has 2 rings (SSSR count). The van der Waals surface area contributed by atoms with E-state index in [9.17, 15) is 5.11 Å². The van der Waals surface area contributed by atoms with Crippen molar-refractivity contribution in [3.05, 3.63) is 45.2 Å². The zero-order valence-corrected chi connectivity index (χ0v) is 13.6. The van der Waals surface area contributed by atoms with E-state index in [2.05, 4.69) is 12.0 Å². The summed E-state index contributed by atoms with van der Waals surface area (Å²) in [5.41, 5.74) is 2.58. The van der Waals surface area contributed by atoms with Crippen LogP contribution in [0.15, 0.2) is 18.2 Å². The van der Waals surface area contributed by atoms with Crippen LogP contribution in [-0.2, 0) is 26.2 Å². The molecule has 0 aliphatic carbocycles. The first-order chi connectivity index (χ1) is 10.1. The van der Waals surface area contributed by atoms with Crippen molar-refractivity contribution in [1.29, 1.82) is 0 Å². The first-order valence-electron chi connectivity index (χ1n) is 6.86. The maximum atomic E-state index is 9.39. The van der Waals surface area contributed by atoms with Crippen LogP contribution in [0, 0.1) is 0 Å². The van der Waals surface area contributed by atoms with Crippen molar-refractivity contribution in [3.63, 3.8) is 0 Å². The molecule has 21 heavy (non-hydrogen) atoms. The van der Waals surface area contributed by atoms with Crippen molar-refractivity contribution in [2.24, 2.45) is 0 Å². The van der Waals surface area contributed by atoms with Gasteiger partial charge in [-0.15, -0.1) is 0 Å². The number of aliphatic hydroxyl groups is 1. The number of aryl methyl sites for hydroxylation is 2. The molecule has 4 nitrogen and oxygen atoms in total. The first-order valence-corrected chi connectivity index (χ1v) is 7.61. The van der Waals surface area contributed by atoms with E-state index in [4.69, 9.17) is 27.9 Å². The van der Waals surface area contributed by atoms with Gasteiger partial charge in [0.25, 0.3) is 0 Å². The van der Waals surface area contributed by atoms with Crippen molar-refractivity contribution in [1.82, 2.24) is 9.78 Å². The van der Waals surface area contributed by atoms with E-state index >= 15 is 0 Å². The number of rotatable bonds is 6. The summed E-state index contributed by atoms with van der Waals surface area (Å²) in [5, 5.41) is 14.7. The van der Waals surface area contributed by atoms with E-state index in [-0.39, 0.29) is 6.61 Å². The monoisotopic (exact) mass is 328 g/mol.